The fraction of sp³-hybridized carbons (Fsp3) is 0.262. The number of aromatic nitrogens is 3. The average molecular weight is 878 g/mol. The summed E-state index contributed by atoms with van der Waals surface area (Å²) in [4.78, 5) is 101. The van der Waals surface area contributed by atoms with Gasteiger partial charge < -0.3 is 20.9 Å². The number of amides is 7. The summed E-state index contributed by atoms with van der Waals surface area (Å²) in [5.74, 6) is -3.49. The van der Waals surface area contributed by atoms with Gasteiger partial charge >= 0.3 is 0 Å². The van der Waals surface area contributed by atoms with Crippen molar-refractivity contribution in [1.82, 2.24) is 34.4 Å². The number of hydrogen-bond donors (Lipinski definition) is 4. The van der Waals surface area contributed by atoms with Gasteiger partial charge in [-0.3, -0.25) is 52.7 Å². The number of pyridine rings is 1. The highest BCUT2D eigenvalue weighted by Gasteiger charge is 2.54. The molecule has 318 valence electrons. The Morgan fingerprint density at radius 3 is 2.47 bits per heavy atom. The van der Waals surface area contributed by atoms with E-state index in [1.807, 2.05) is 36.4 Å². The first-order valence-electron chi connectivity index (χ1n) is 19.5. The SMILES string of the molecule is CN(CCNc1ccc2c(c1)C(=O)N(C1CCC(=O)NC1=O)C2=O)C(=O)C1(c2cc(-c3cccc(-c4csc(NC(=O)CNC(=O)c5ccn(S(C)(=O)=O)c5)n4)c3)ccn2)CC1. The summed E-state index contributed by atoms with van der Waals surface area (Å²) < 4.78 is 24.3. The van der Waals surface area contributed by atoms with Crippen molar-refractivity contribution in [3.05, 3.63) is 107 Å². The van der Waals surface area contributed by atoms with Gasteiger partial charge in [0.05, 0.1) is 46.3 Å². The number of anilines is 2. The number of carbonyl (C=O) groups is 7. The van der Waals surface area contributed by atoms with Crippen LogP contribution in [0.15, 0.2) is 84.6 Å². The molecular formula is C42H39N9O9S2. The van der Waals surface area contributed by atoms with E-state index >= 15 is 0 Å². The van der Waals surface area contributed by atoms with Crippen molar-refractivity contribution in [3.8, 4) is 22.4 Å². The lowest BCUT2D eigenvalue weighted by molar-refractivity contribution is -0.136. The Labute approximate surface area is 358 Å². The molecule has 0 spiro atoms. The molecule has 4 N–H and O–H groups in total. The van der Waals surface area contributed by atoms with Crippen LogP contribution in [0.4, 0.5) is 10.8 Å². The van der Waals surface area contributed by atoms with Crippen LogP contribution in [0.1, 0.15) is 62.5 Å². The van der Waals surface area contributed by atoms with Crippen LogP contribution in [0.3, 0.4) is 0 Å². The third-order valence-electron chi connectivity index (χ3n) is 10.9. The number of nitrogens with zero attached hydrogens (tertiary/aromatic N) is 5. The number of hydrogen-bond acceptors (Lipinski definition) is 13. The number of thiazole rings is 1. The van der Waals surface area contributed by atoms with E-state index in [4.69, 9.17) is 0 Å². The molecule has 5 aromatic rings. The molecule has 1 saturated heterocycles. The molecule has 3 aromatic heterocycles. The molecule has 1 saturated carbocycles. The van der Waals surface area contributed by atoms with Gasteiger partial charge in [-0.25, -0.2) is 13.4 Å². The fourth-order valence-electron chi connectivity index (χ4n) is 7.46. The fourth-order valence-corrected chi connectivity index (χ4v) is 8.78. The Kier molecular flexibility index (Phi) is 11.0. The second kappa shape index (κ2) is 16.4. The number of imide groups is 2. The Morgan fingerprint density at radius 2 is 1.73 bits per heavy atom. The van der Waals surface area contributed by atoms with Crippen molar-refractivity contribution >= 4 is 73.5 Å². The third kappa shape index (κ3) is 8.33. The Hall–Kier alpha value is -7.06. The lowest BCUT2D eigenvalue weighted by Gasteiger charge is -2.27. The van der Waals surface area contributed by atoms with Gasteiger partial charge in [-0.15, -0.1) is 11.3 Å². The molecule has 3 aliphatic rings. The van der Waals surface area contributed by atoms with Crippen LogP contribution in [-0.4, -0.2) is 112 Å². The number of carbonyl (C=O) groups excluding carboxylic acids is 7. The first-order chi connectivity index (χ1) is 29.6. The van der Waals surface area contributed by atoms with E-state index in [9.17, 15) is 42.0 Å². The molecule has 1 atom stereocenters. The van der Waals surface area contributed by atoms with E-state index in [-0.39, 0.29) is 42.0 Å². The van der Waals surface area contributed by atoms with Crippen LogP contribution in [0.5, 0.6) is 0 Å². The third-order valence-corrected chi connectivity index (χ3v) is 12.7. The zero-order chi connectivity index (χ0) is 43.9. The summed E-state index contributed by atoms with van der Waals surface area (Å²) in [6, 6.07) is 16.5. The molecule has 2 aromatic carbocycles. The van der Waals surface area contributed by atoms with Gasteiger partial charge in [0.1, 0.15) is 6.04 Å². The standard InChI is InChI=1S/C42H39N9O9S2/c1-49(17-15-43-28-6-7-29-30(20-28)39(57)51(38(29)56)32-8-9-34(52)47-37(32)55)40(58)42(12-13-42)33-19-25(10-14-44-33)24-4-3-5-26(18-24)31-23-61-41(46-31)48-35(53)21-45-36(54)27-11-16-50(22-27)62(2,59)60/h3-7,10-11,14,16,18-20,22-23,32,43H,8-9,12-13,15,17,21H2,1-2H3,(H,45,54)(H,46,48,53)(H,47,52,55). The van der Waals surface area contributed by atoms with Crippen molar-refractivity contribution in [2.45, 2.75) is 37.1 Å². The van der Waals surface area contributed by atoms with Gasteiger partial charge in [0.2, 0.25) is 33.7 Å². The Balaban J connectivity index is 0.859. The monoisotopic (exact) mass is 877 g/mol. The summed E-state index contributed by atoms with van der Waals surface area (Å²) in [5, 5.41) is 12.7. The molecule has 20 heteroatoms. The van der Waals surface area contributed by atoms with Gasteiger partial charge in [0.25, 0.3) is 17.7 Å². The highest BCUT2D eigenvalue weighted by atomic mass is 32.2. The number of nitrogens with one attached hydrogen (secondary N) is 4. The maximum atomic E-state index is 13.9. The number of benzene rings is 2. The smallest absolute Gasteiger partial charge is 0.262 e. The number of piperidine rings is 1. The van der Waals surface area contributed by atoms with Crippen LogP contribution in [-0.2, 0) is 34.6 Å². The maximum absolute atomic E-state index is 13.9. The first kappa shape index (κ1) is 41.7. The van der Waals surface area contributed by atoms with Crippen molar-refractivity contribution in [3.63, 3.8) is 0 Å². The van der Waals surface area contributed by atoms with Crippen LogP contribution in [0, 0.1) is 0 Å². The van der Waals surface area contributed by atoms with Crippen molar-refractivity contribution in [2.24, 2.45) is 0 Å². The van der Waals surface area contributed by atoms with E-state index < -0.39 is 56.9 Å². The second-order valence-corrected chi connectivity index (χ2v) is 18.0. The van der Waals surface area contributed by atoms with Crippen LogP contribution in [0.2, 0.25) is 0 Å². The molecule has 5 heterocycles. The summed E-state index contributed by atoms with van der Waals surface area (Å²) in [6.07, 6.45) is 6.48. The van der Waals surface area contributed by atoms with Gasteiger partial charge in [-0.05, 0) is 72.9 Å². The van der Waals surface area contributed by atoms with Gasteiger partial charge in [0, 0.05) is 61.8 Å². The highest BCUT2D eigenvalue weighted by Crippen LogP contribution is 2.49. The van der Waals surface area contributed by atoms with Crippen molar-refractivity contribution in [2.75, 3.05) is 43.6 Å². The molecule has 0 radical (unpaired) electrons. The summed E-state index contributed by atoms with van der Waals surface area (Å²) in [6.45, 7) is 0.327. The molecule has 18 nitrogen and oxygen atoms in total. The molecule has 8 rings (SSSR count). The number of rotatable bonds is 14. The largest absolute Gasteiger partial charge is 0.383 e. The second-order valence-electron chi connectivity index (χ2n) is 15.2. The van der Waals surface area contributed by atoms with Crippen LogP contribution >= 0.6 is 11.3 Å². The topological polar surface area (TPSA) is 239 Å². The van der Waals surface area contributed by atoms with E-state index in [2.05, 4.69) is 31.2 Å². The lowest BCUT2D eigenvalue weighted by atomic mass is 9.95. The Morgan fingerprint density at radius 1 is 0.968 bits per heavy atom. The molecule has 1 unspecified atom stereocenters. The number of likely N-dealkylation sites (N-methyl/N-ethyl adjacent to an activating group) is 1. The molecule has 2 aliphatic heterocycles. The zero-order valence-electron chi connectivity index (χ0n) is 33.3. The van der Waals surface area contributed by atoms with E-state index in [0.717, 1.165) is 31.8 Å². The average Bonchev–Trinajstić information content (AvgIpc) is 3.53. The van der Waals surface area contributed by atoms with Crippen molar-refractivity contribution in [1.29, 1.82) is 0 Å². The van der Waals surface area contributed by atoms with E-state index in [1.54, 1.807) is 35.7 Å². The van der Waals surface area contributed by atoms with E-state index in [1.165, 1.54) is 35.9 Å². The molecule has 2 fully saturated rings. The minimum Gasteiger partial charge on any atom is -0.383 e. The maximum Gasteiger partial charge on any atom is 0.262 e. The summed E-state index contributed by atoms with van der Waals surface area (Å²) in [5.41, 5.74) is 4.01. The predicted octanol–water partition coefficient (Wildman–Crippen LogP) is 2.85. The van der Waals surface area contributed by atoms with Gasteiger partial charge in [-0.2, -0.15) is 0 Å². The Bertz CT molecular complexity index is 2810. The number of fused-ring (bicyclic) bond motifs is 1. The zero-order valence-corrected chi connectivity index (χ0v) is 35.0. The van der Waals surface area contributed by atoms with Crippen molar-refractivity contribution < 1.29 is 42.0 Å². The first-order valence-corrected chi connectivity index (χ1v) is 22.2. The van der Waals surface area contributed by atoms with Gasteiger partial charge in [-0.1, -0.05) is 18.2 Å². The minimum absolute atomic E-state index is 0.0329. The quantitative estimate of drug-likeness (QED) is 0.118. The predicted molar refractivity (Wildman–Crippen MR) is 227 cm³/mol. The normalized spacial score (nSPS) is 16.7. The van der Waals surface area contributed by atoms with Crippen LogP contribution in [0.25, 0.3) is 22.4 Å². The minimum atomic E-state index is -3.55. The van der Waals surface area contributed by atoms with Gasteiger partial charge in [0.15, 0.2) is 5.13 Å². The molecule has 1 aliphatic carbocycles. The summed E-state index contributed by atoms with van der Waals surface area (Å²) >= 11 is 1.21. The lowest BCUT2D eigenvalue weighted by Crippen LogP contribution is -2.54. The molecular weight excluding hydrogens is 839 g/mol. The summed E-state index contributed by atoms with van der Waals surface area (Å²) in [7, 11) is -1.82. The highest BCUT2D eigenvalue weighted by molar-refractivity contribution is 7.89. The molecule has 62 heavy (non-hydrogen) atoms. The van der Waals surface area contributed by atoms with Crippen LogP contribution < -0.4 is 21.3 Å². The molecule has 7 amide bonds. The van der Waals surface area contributed by atoms with E-state index in [0.29, 0.717) is 48.1 Å². The molecule has 0 bridgehead atoms.